The van der Waals surface area contributed by atoms with E-state index in [1.807, 2.05) is 18.2 Å². The predicted octanol–water partition coefficient (Wildman–Crippen LogP) is 3.72. The number of rotatable bonds is 6. The zero-order valence-electron chi connectivity index (χ0n) is 16.2. The fourth-order valence-electron chi connectivity index (χ4n) is 4.18. The Kier molecular flexibility index (Phi) is 5.62. The van der Waals surface area contributed by atoms with Crippen molar-refractivity contribution in [3.63, 3.8) is 0 Å². The SMILES string of the molecule is COc1cccc(CN2CCC(NC(=O)C3CC3c3ccccc3F)CC2)c1. The lowest BCUT2D eigenvalue weighted by Gasteiger charge is -2.32. The van der Waals surface area contributed by atoms with E-state index in [9.17, 15) is 9.18 Å². The first kappa shape index (κ1) is 18.9. The number of hydrogen-bond donors (Lipinski definition) is 1. The van der Waals surface area contributed by atoms with Crippen LogP contribution >= 0.6 is 0 Å². The number of carbonyl (C=O) groups excluding carboxylic acids is 1. The van der Waals surface area contributed by atoms with Gasteiger partial charge in [-0.05, 0) is 54.5 Å². The Bertz CT molecular complexity index is 833. The van der Waals surface area contributed by atoms with Crippen molar-refractivity contribution in [2.75, 3.05) is 20.2 Å². The fraction of sp³-hybridized carbons (Fsp3) is 0.435. The van der Waals surface area contributed by atoms with Crippen molar-refractivity contribution in [2.24, 2.45) is 5.92 Å². The van der Waals surface area contributed by atoms with Crippen molar-refractivity contribution < 1.29 is 13.9 Å². The highest BCUT2D eigenvalue weighted by Gasteiger charge is 2.45. The van der Waals surface area contributed by atoms with Gasteiger partial charge in [-0.2, -0.15) is 0 Å². The maximum atomic E-state index is 13.9. The molecule has 1 N–H and O–H groups in total. The molecule has 148 valence electrons. The van der Waals surface area contributed by atoms with Gasteiger partial charge in [-0.1, -0.05) is 30.3 Å². The Morgan fingerprint density at radius 3 is 2.71 bits per heavy atom. The number of amides is 1. The molecule has 1 aliphatic carbocycles. The van der Waals surface area contributed by atoms with Crippen molar-refractivity contribution in [1.82, 2.24) is 10.2 Å². The number of halogens is 1. The second kappa shape index (κ2) is 8.31. The minimum atomic E-state index is -0.200. The van der Waals surface area contributed by atoms with E-state index in [2.05, 4.69) is 22.3 Å². The van der Waals surface area contributed by atoms with Crippen LogP contribution in [-0.2, 0) is 11.3 Å². The maximum absolute atomic E-state index is 13.9. The number of likely N-dealkylation sites (tertiary alicyclic amines) is 1. The second-order valence-corrected chi connectivity index (χ2v) is 7.88. The maximum Gasteiger partial charge on any atom is 0.223 e. The summed E-state index contributed by atoms with van der Waals surface area (Å²) >= 11 is 0. The number of piperidine rings is 1. The minimum absolute atomic E-state index is 0.0364. The first-order chi connectivity index (χ1) is 13.6. The molecule has 28 heavy (non-hydrogen) atoms. The second-order valence-electron chi connectivity index (χ2n) is 7.88. The van der Waals surface area contributed by atoms with Crippen LogP contribution in [0.15, 0.2) is 48.5 Å². The average Bonchev–Trinajstić information content (AvgIpc) is 3.51. The summed E-state index contributed by atoms with van der Waals surface area (Å²) in [6.07, 6.45) is 2.65. The average molecular weight is 382 g/mol. The summed E-state index contributed by atoms with van der Waals surface area (Å²) in [6.45, 7) is 2.82. The van der Waals surface area contributed by atoms with E-state index in [0.717, 1.165) is 44.6 Å². The van der Waals surface area contributed by atoms with Crippen molar-refractivity contribution in [3.8, 4) is 5.75 Å². The molecule has 1 saturated carbocycles. The molecule has 0 radical (unpaired) electrons. The van der Waals surface area contributed by atoms with E-state index in [0.29, 0.717) is 5.56 Å². The molecule has 1 saturated heterocycles. The van der Waals surface area contributed by atoms with Crippen LogP contribution in [0.2, 0.25) is 0 Å². The van der Waals surface area contributed by atoms with Crippen LogP contribution in [0.25, 0.3) is 0 Å². The summed E-state index contributed by atoms with van der Waals surface area (Å²) in [7, 11) is 1.68. The zero-order chi connectivity index (χ0) is 19.5. The van der Waals surface area contributed by atoms with Crippen molar-refractivity contribution >= 4 is 5.91 Å². The van der Waals surface area contributed by atoms with Gasteiger partial charge in [0.25, 0.3) is 0 Å². The van der Waals surface area contributed by atoms with Crippen molar-refractivity contribution in [3.05, 3.63) is 65.5 Å². The van der Waals surface area contributed by atoms with Crippen molar-refractivity contribution in [1.29, 1.82) is 0 Å². The molecule has 1 heterocycles. The summed E-state index contributed by atoms with van der Waals surface area (Å²) < 4.78 is 19.2. The third-order valence-corrected chi connectivity index (χ3v) is 5.91. The summed E-state index contributed by atoms with van der Waals surface area (Å²) in [4.78, 5) is 15.0. The molecule has 0 aromatic heterocycles. The topological polar surface area (TPSA) is 41.6 Å². The highest BCUT2D eigenvalue weighted by Crippen LogP contribution is 2.48. The third-order valence-electron chi connectivity index (χ3n) is 5.91. The first-order valence-electron chi connectivity index (χ1n) is 10.0. The zero-order valence-corrected chi connectivity index (χ0v) is 16.2. The van der Waals surface area contributed by atoms with E-state index in [1.165, 1.54) is 11.6 Å². The molecular weight excluding hydrogens is 355 g/mol. The Morgan fingerprint density at radius 2 is 1.96 bits per heavy atom. The number of carbonyl (C=O) groups is 1. The quantitative estimate of drug-likeness (QED) is 0.828. The largest absolute Gasteiger partial charge is 0.497 e. The number of nitrogens with one attached hydrogen (secondary N) is 1. The molecule has 4 rings (SSSR count). The highest BCUT2D eigenvalue weighted by molar-refractivity contribution is 5.83. The van der Waals surface area contributed by atoms with E-state index in [-0.39, 0.29) is 29.6 Å². The molecule has 0 spiro atoms. The van der Waals surface area contributed by atoms with Crippen LogP contribution in [0, 0.1) is 11.7 Å². The summed E-state index contributed by atoms with van der Waals surface area (Å²) in [5.74, 6) is 0.725. The van der Waals surface area contributed by atoms with Crippen molar-refractivity contribution in [2.45, 2.75) is 37.8 Å². The molecule has 2 fully saturated rings. The number of nitrogens with zero attached hydrogens (tertiary/aromatic N) is 1. The molecule has 4 nitrogen and oxygen atoms in total. The van der Waals surface area contributed by atoms with Gasteiger partial charge in [0.1, 0.15) is 11.6 Å². The molecule has 0 bridgehead atoms. The van der Waals surface area contributed by atoms with E-state index >= 15 is 0 Å². The van der Waals surface area contributed by atoms with E-state index in [1.54, 1.807) is 19.2 Å². The Hall–Kier alpha value is -2.40. The van der Waals surface area contributed by atoms with Gasteiger partial charge in [0.2, 0.25) is 5.91 Å². The summed E-state index contributed by atoms with van der Waals surface area (Å²) in [5, 5.41) is 3.19. The van der Waals surface area contributed by atoms with Crippen LogP contribution in [0.5, 0.6) is 5.75 Å². The number of benzene rings is 2. The Labute approximate surface area is 165 Å². The molecular formula is C23H27FN2O2. The first-order valence-corrected chi connectivity index (χ1v) is 10.0. The Balaban J connectivity index is 1.23. The van der Waals surface area contributed by atoms with Crippen LogP contribution in [0.4, 0.5) is 4.39 Å². The predicted molar refractivity (Wildman–Crippen MR) is 107 cm³/mol. The number of methoxy groups -OCH3 is 1. The Morgan fingerprint density at radius 1 is 1.18 bits per heavy atom. The van der Waals surface area contributed by atoms with Gasteiger partial charge in [0.05, 0.1) is 7.11 Å². The lowest BCUT2D eigenvalue weighted by Crippen LogP contribution is -2.44. The molecule has 1 aliphatic heterocycles. The third kappa shape index (κ3) is 4.36. The smallest absolute Gasteiger partial charge is 0.223 e. The molecule has 2 aliphatic rings. The molecule has 2 unspecified atom stereocenters. The van der Waals surface area contributed by atoms with E-state index in [4.69, 9.17) is 4.74 Å². The summed E-state index contributed by atoms with van der Waals surface area (Å²) in [5.41, 5.74) is 1.92. The van der Waals surface area contributed by atoms with Gasteiger partial charge in [-0.25, -0.2) is 4.39 Å². The van der Waals surface area contributed by atoms with Gasteiger partial charge >= 0.3 is 0 Å². The van der Waals surface area contributed by atoms with Gasteiger partial charge in [-0.15, -0.1) is 0 Å². The molecule has 1 amide bonds. The summed E-state index contributed by atoms with van der Waals surface area (Å²) in [6, 6.07) is 15.2. The monoisotopic (exact) mass is 382 g/mol. The number of ether oxygens (including phenoxy) is 1. The molecule has 2 aromatic rings. The molecule has 5 heteroatoms. The van der Waals surface area contributed by atoms with Gasteiger partial charge in [-0.3, -0.25) is 9.69 Å². The lowest BCUT2D eigenvalue weighted by atomic mass is 10.0. The number of hydrogen-bond acceptors (Lipinski definition) is 3. The lowest BCUT2D eigenvalue weighted by molar-refractivity contribution is -0.123. The molecule has 2 aromatic carbocycles. The standard InChI is InChI=1S/C23H27FN2O2/c1-28-18-6-4-5-16(13-18)15-26-11-9-17(10-12-26)25-23(27)21-14-20(21)19-7-2-3-8-22(19)24/h2-8,13,17,20-21H,9-12,14-15H2,1H3,(H,25,27). The van der Waals surface area contributed by atoms with Crippen LogP contribution < -0.4 is 10.1 Å². The normalized spacial score (nSPS) is 22.6. The van der Waals surface area contributed by atoms with Gasteiger partial charge in [0, 0.05) is 31.6 Å². The molecule has 2 atom stereocenters. The highest BCUT2D eigenvalue weighted by atomic mass is 19.1. The van der Waals surface area contributed by atoms with Gasteiger partial charge in [0.15, 0.2) is 0 Å². The van der Waals surface area contributed by atoms with E-state index < -0.39 is 0 Å². The van der Waals surface area contributed by atoms with Gasteiger partial charge < -0.3 is 10.1 Å². The minimum Gasteiger partial charge on any atom is -0.497 e. The van der Waals surface area contributed by atoms with Crippen LogP contribution in [0.3, 0.4) is 0 Å². The van der Waals surface area contributed by atoms with Crippen LogP contribution in [-0.4, -0.2) is 37.0 Å². The fourth-order valence-corrected chi connectivity index (χ4v) is 4.18. The van der Waals surface area contributed by atoms with Crippen LogP contribution in [0.1, 0.15) is 36.3 Å².